The highest BCUT2D eigenvalue weighted by Crippen LogP contribution is 2.30. The summed E-state index contributed by atoms with van der Waals surface area (Å²) in [7, 11) is 0. The van der Waals surface area contributed by atoms with Gasteiger partial charge < -0.3 is 10.1 Å². The summed E-state index contributed by atoms with van der Waals surface area (Å²) in [5, 5.41) is 14.0. The molecule has 0 unspecified atom stereocenters. The number of ether oxygens (including phenoxy) is 1. The van der Waals surface area contributed by atoms with E-state index in [-0.39, 0.29) is 10.7 Å². The summed E-state index contributed by atoms with van der Waals surface area (Å²) in [6.07, 6.45) is 0. The topological polar surface area (TPSA) is 64.4 Å². The lowest BCUT2D eigenvalue weighted by atomic mass is 10.2. The van der Waals surface area contributed by atoms with Gasteiger partial charge in [0.25, 0.3) is 5.69 Å². The molecule has 0 heterocycles. The number of benzene rings is 1. The Bertz CT molecular complexity index is 489. The van der Waals surface area contributed by atoms with Crippen LogP contribution in [0.2, 0.25) is 5.02 Å². The van der Waals surface area contributed by atoms with Gasteiger partial charge >= 0.3 is 0 Å². The lowest BCUT2D eigenvalue weighted by molar-refractivity contribution is -0.384. The van der Waals surface area contributed by atoms with Crippen LogP contribution in [0.4, 0.5) is 11.4 Å². The molecule has 1 aromatic carbocycles. The molecule has 0 aliphatic heterocycles. The van der Waals surface area contributed by atoms with Gasteiger partial charge in [-0.15, -0.1) is 0 Å². The van der Waals surface area contributed by atoms with Crippen LogP contribution in [0.3, 0.4) is 0 Å². The standard InChI is InChI=1S/C13H17ClN2O3/c1-9(2)8-19-5-4-15-12-7-11(14)13(16(17)18)6-10(12)3/h6-7,15H,1,4-5,8H2,2-3H3. The van der Waals surface area contributed by atoms with Gasteiger partial charge in [0.2, 0.25) is 0 Å². The molecule has 0 aliphatic rings. The minimum absolute atomic E-state index is 0.0803. The Kier molecular flexibility index (Phi) is 5.79. The third-order valence-corrected chi connectivity index (χ3v) is 2.70. The molecule has 0 bridgehead atoms. The highest BCUT2D eigenvalue weighted by Gasteiger charge is 2.14. The molecule has 0 amide bonds. The summed E-state index contributed by atoms with van der Waals surface area (Å²) < 4.78 is 5.35. The second-order valence-electron chi connectivity index (χ2n) is 4.31. The smallest absolute Gasteiger partial charge is 0.288 e. The highest BCUT2D eigenvalue weighted by atomic mass is 35.5. The summed E-state index contributed by atoms with van der Waals surface area (Å²) in [6.45, 7) is 9.08. The maximum atomic E-state index is 10.7. The van der Waals surface area contributed by atoms with Crippen molar-refractivity contribution in [1.29, 1.82) is 0 Å². The van der Waals surface area contributed by atoms with Crippen LogP contribution < -0.4 is 5.32 Å². The number of hydrogen-bond donors (Lipinski definition) is 1. The van der Waals surface area contributed by atoms with Crippen molar-refractivity contribution in [2.45, 2.75) is 13.8 Å². The van der Waals surface area contributed by atoms with Crippen LogP contribution in [-0.2, 0) is 4.74 Å². The maximum Gasteiger partial charge on any atom is 0.288 e. The lowest BCUT2D eigenvalue weighted by Gasteiger charge is -2.10. The van der Waals surface area contributed by atoms with Crippen LogP contribution in [0.1, 0.15) is 12.5 Å². The van der Waals surface area contributed by atoms with Gasteiger partial charge in [-0.3, -0.25) is 10.1 Å². The van der Waals surface area contributed by atoms with Crippen LogP contribution in [0.25, 0.3) is 0 Å². The summed E-state index contributed by atoms with van der Waals surface area (Å²) >= 11 is 5.85. The molecule has 19 heavy (non-hydrogen) atoms. The third-order valence-electron chi connectivity index (χ3n) is 2.40. The highest BCUT2D eigenvalue weighted by molar-refractivity contribution is 6.33. The quantitative estimate of drug-likeness (QED) is 0.360. The fourth-order valence-electron chi connectivity index (χ4n) is 1.50. The van der Waals surface area contributed by atoms with Crippen molar-refractivity contribution >= 4 is 23.0 Å². The second kappa shape index (κ2) is 7.11. The van der Waals surface area contributed by atoms with Crippen LogP contribution in [0, 0.1) is 17.0 Å². The number of halogens is 1. The number of anilines is 1. The minimum atomic E-state index is -0.491. The SMILES string of the molecule is C=C(C)COCCNc1cc(Cl)c([N+](=O)[O-])cc1C. The van der Waals surface area contributed by atoms with E-state index in [2.05, 4.69) is 11.9 Å². The Hall–Kier alpha value is -1.59. The molecule has 0 fully saturated rings. The molecule has 1 aromatic rings. The van der Waals surface area contributed by atoms with Gasteiger partial charge in [-0.1, -0.05) is 23.8 Å². The molecule has 0 saturated carbocycles. The first-order valence-electron chi connectivity index (χ1n) is 5.82. The molecule has 104 valence electrons. The van der Waals surface area contributed by atoms with Crippen LogP contribution >= 0.6 is 11.6 Å². The summed E-state index contributed by atoms with van der Waals surface area (Å²) in [5.74, 6) is 0. The van der Waals surface area contributed by atoms with Gasteiger partial charge in [0, 0.05) is 18.3 Å². The number of rotatable bonds is 7. The van der Waals surface area contributed by atoms with Crippen molar-refractivity contribution < 1.29 is 9.66 Å². The zero-order valence-electron chi connectivity index (χ0n) is 11.0. The van der Waals surface area contributed by atoms with Gasteiger partial charge in [0.05, 0.1) is 18.1 Å². The summed E-state index contributed by atoms with van der Waals surface area (Å²) in [4.78, 5) is 10.2. The van der Waals surface area contributed by atoms with Crippen molar-refractivity contribution in [2.75, 3.05) is 25.1 Å². The van der Waals surface area contributed by atoms with Crippen LogP contribution in [-0.4, -0.2) is 24.7 Å². The molecule has 0 spiro atoms. The Morgan fingerprint density at radius 2 is 2.26 bits per heavy atom. The minimum Gasteiger partial charge on any atom is -0.382 e. The Morgan fingerprint density at radius 3 is 2.84 bits per heavy atom. The number of nitro groups is 1. The molecule has 0 saturated heterocycles. The van der Waals surface area contributed by atoms with Crippen LogP contribution in [0.5, 0.6) is 0 Å². The Labute approximate surface area is 117 Å². The molecule has 1 N–H and O–H groups in total. The van der Waals surface area contributed by atoms with E-state index in [0.717, 1.165) is 16.8 Å². The van der Waals surface area contributed by atoms with Crippen molar-refractivity contribution in [3.05, 3.63) is 45.0 Å². The summed E-state index contributed by atoms with van der Waals surface area (Å²) in [5.41, 5.74) is 2.43. The van der Waals surface area contributed by atoms with Crippen molar-refractivity contribution in [1.82, 2.24) is 0 Å². The molecule has 0 atom stereocenters. The molecule has 0 radical (unpaired) electrons. The average Bonchev–Trinajstić information content (AvgIpc) is 2.31. The van der Waals surface area contributed by atoms with E-state index >= 15 is 0 Å². The Balaban J connectivity index is 2.57. The second-order valence-corrected chi connectivity index (χ2v) is 4.72. The van der Waals surface area contributed by atoms with Crippen molar-refractivity contribution in [2.24, 2.45) is 0 Å². The first-order chi connectivity index (χ1) is 8.91. The molecule has 0 aliphatic carbocycles. The molecule has 0 aromatic heterocycles. The van der Waals surface area contributed by atoms with E-state index in [9.17, 15) is 10.1 Å². The molecule has 6 heteroatoms. The first kappa shape index (κ1) is 15.5. The average molecular weight is 285 g/mol. The number of nitrogens with zero attached hydrogens (tertiary/aromatic N) is 1. The normalized spacial score (nSPS) is 10.3. The van der Waals surface area contributed by atoms with Gasteiger partial charge in [-0.2, -0.15) is 0 Å². The largest absolute Gasteiger partial charge is 0.382 e. The number of nitro benzene ring substituents is 1. The predicted molar refractivity (Wildman–Crippen MR) is 77.0 cm³/mol. The zero-order chi connectivity index (χ0) is 14.4. The van der Waals surface area contributed by atoms with E-state index in [1.807, 2.05) is 6.92 Å². The fourth-order valence-corrected chi connectivity index (χ4v) is 1.73. The lowest BCUT2D eigenvalue weighted by Crippen LogP contribution is -2.11. The zero-order valence-corrected chi connectivity index (χ0v) is 11.8. The maximum absolute atomic E-state index is 10.7. The summed E-state index contributed by atoms with van der Waals surface area (Å²) in [6, 6.07) is 3.02. The van der Waals surface area contributed by atoms with Crippen LogP contribution in [0.15, 0.2) is 24.3 Å². The van der Waals surface area contributed by atoms with E-state index < -0.39 is 4.92 Å². The van der Waals surface area contributed by atoms with Crippen molar-refractivity contribution in [3.63, 3.8) is 0 Å². The molecule has 1 rings (SSSR count). The van der Waals surface area contributed by atoms with E-state index in [1.54, 1.807) is 13.0 Å². The molecule has 5 nitrogen and oxygen atoms in total. The van der Waals surface area contributed by atoms with E-state index in [0.29, 0.717) is 19.8 Å². The number of aryl methyl sites for hydroxylation is 1. The van der Waals surface area contributed by atoms with E-state index in [1.165, 1.54) is 6.07 Å². The van der Waals surface area contributed by atoms with E-state index in [4.69, 9.17) is 16.3 Å². The Morgan fingerprint density at radius 1 is 1.58 bits per heavy atom. The van der Waals surface area contributed by atoms with Gasteiger partial charge in [-0.05, 0) is 25.5 Å². The van der Waals surface area contributed by atoms with Crippen molar-refractivity contribution in [3.8, 4) is 0 Å². The molecular formula is C13H17ClN2O3. The van der Waals surface area contributed by atoms with Gasteiger partial charge in [0.1, 0.15) is 5.02 Å². The fraction of sp³-hybridized carbons (Fsp3) is 0.385. The third kappa shape index (κ3) is 4.89. The van der Waals surface area contributed by atoms with Gasteiger partial charge in [-0.25, -0.2) is 0 Å². The monoisotopic (exact) mass is 284 g/mol. The predicted octanol–water partition coefficient (Wildman–Crippen LogP) is 3.56. The molecular weight excluding hydrogens is 268 g/mol. The van der Waals surface area contributed by atoms with Gasteiger partial charge in [0.15, 0.2) is 0 Å². The number of nitrogens with one attached hydrogen (secondary N) is 1. The first-order valence-corrected chi connectivity index (χ1v) is 6.20. The number of hydrogen-bond acceptors (Lipinski definition) is 4.